The zero-order chi connectivity index (χ0) is 12.3. The van der Waals surface area contributed by atoms with E-state index < -0.39 is 0 Å². The molecule has 4 heteroatoms. The fraction of sp³-hybridized carbons (Fsp3) is 0.538. The quantitative estimate of drug-likeness (QED) is 0.665. The van der Waals surface area contributed by atoms with Gasteiger partial charge in [0.15, 0.2) is 0 Å². The Bertz CT molecular complexity index is 304. The van der Waals surface area contributed by atoms with E-state index in [1.54, 1.807) is 7.11 Å². The average molecular weight is 239 g/mol. The molecule has 0 unspecified atom stereocenters. The van der Waals surface area contributed by atoms with Crippen molar-refractivity contribution in [1.29, 1.82) is 0 Å². The summed E-state index contributed by atoms with van der Waals surface area (Å²) in [4.78, 5) is 0. The highest BCUT2D eigenvalue weighted by atomic mass is 16.5. The van der Waals surface area contributed by atoms with Gasteiger partial charge in [-0.2, -0.15) is 0 Å². The van der Waals surface area contributed by atoms with Crippen molar-refractivity contribution >= 4 is 0 Å². The number of para-hydroxylation sites is 1. The summed E-state index contributed by atoms with van der Waals surface area (Å²) in [5.41, 5.74) is 6.63. The van der Waals surface area contributed by atoms with Gasteiger partial charge in [-0.1, -0.05) is 18.2 Å². The number of rotatable bonds is 9. The van der Waals surface area contributed by atoms with Crippen LogP contribution in [-0.2, 0) is 16.0 Å². The summed E-state index contributed by atoms with van der Waals surface area (Å²) in [7, 11) is 1.69. The largest absolute Gasteiger partial charge is 0.491 e. The van der Waals surface area contributed by atoms with Crippen LogP contribution in [0.3, 0.4) is 0 Å². The third-order valence-corrected chi connectivity index (χ3v) is 2.31. The minimum atomic E-state index is 0.491. The molecule has 0 aliphatic rings. The maximum absolute atomic E-state index is 5.61. The molecule has 0 amide bonds. The van der Waals surface area contributed by atoms with Gasteiger partial charge in [-0.15, -0.1) is 0 Å². The predicted octanol–water partition coefficient (Wildman–Crippen LogP) is 1.58. The number of hydrogen-bond acceptors (Lipinski definition) is 4. The average Bonchev–Trinajstić information content (AvgIpc) is 2.38. The Morgan fingerprint density at radius 2 is 1.88 bits per heavy atom. The van der Waals surface area contributed by atoms with Gasteiger partial charge in [-0.05, 0) is 12.5 Å². The first kappa shape index (κ1) is 14.0. The van der Waals surface area contributed by atoms with Crippen LogP contribution in [0.5, 0.6) is 5.75 Å². The molecule has 4 nitrogen and oxygen atoms in total. The Kier molecular flexibility index (Phi) is 7.38. The normalized spacial score (nSPS) is 10.5. The molecular weight excluding hydrogens is 218 g/mol. The number of benzene rings is 1. The van der Waals surface area contributed by atoms with Crippen molar-refractivity contribution in [3.63, 3.8) is 0 Å². The van der Waals surface area contributed by atoms with E-state index in [4.69, 9.17) is 19.9 Å². The summed E-state index contributed by atoms with van der Waals surface area (Å²) >= 11 is 0. The molecule has 0 heterocycles. The summed E-state index contributed by atoms with van der Waals surface area (Å²) in [5, 5.41) is 0. The number of nitrogens with two attached hydrogens (primary N) is 1. The van der Waals surface area contributed by atoms with Crippen molar-refractivity contribution in [3.8, 4) is 5.75 Å². The monoisotopic (exact) mass is 239 g/mol. The molecule has 0 fully saturated rings. The van der Waals surface area contributed by atoms with Crippen molar-refractivity contribution in [2.24, 2.45) is 5.73 Å². The van der Waals surface area contributed by atoms with Crippen LogP contribution >= 0.6 is 0 Å². The van der Waals surface area contributed by atoms with Gasteiger partial charge >= 0.3 is 0 Å². The molecule has 0 aromatic heterocycles. The first-order valence-corrected chi connectivity index (χ1v) is 5.86. The van der Waals surface area contributed by atoms with Crippen LogP contribution in [0.25, 0.3) is 0 Å². The second kappa shape index (κ2) is 8.98. The van der Waals surface area contributed by atoms with Crippen LogP contribution in [-0.4, -0.2) is 33.5 Å². The third kappa shape index (κ3) is 5.68. The first-order valence-electron chi connectivity index (χ1n) is 5.86. The van der Waals surface area contributed by atoms with Crippen LogP contribution in [0, 0.1) is 0 Å². The Balaban J connectivity index is 2.13. The highest BCUT2D eigenvalue weighted by Gasteiger charge is 2.00. The molecule has 1 aromatic carbocycles. The molecule has 0 saturated carbocycles. The SMILES string of the molecule is COCCCOCCOc1ccccc1CN. The smallest absolute Gasteiger partial charge is 0.123 e. The maximum atomic E-state index is 5.61. The van der Waals surface area contributed by atoms with E-state index in [1.807, 2.05) is 24.3 Å². The maximum Gasteiger partial charge on any atom is 0.123 e. The highest BCUT2D eigenvalue weighted by molar-refractivity contribution is 5.32. The fourth-order valence-corrected chi connectivity index (χ4v) is 1.43. The van der Waals surface area contributed by atoms with Gasteiger partial charge in [-0.25, -0.2) is 0 Å². The van der Waals surface area contributed by atoms with Gasteiger partial charge in [0.25, 0.3) is 0 Å². The van der Waals surface area contributed by atoms with E-state index in [9.17, 15) is 0 Å². The third-order valence-electron chi connectivity index (χ3n) is 2.31. The van der Waals surface area contributed by atoms with Gasteiger partial charge in [0.2, 0.25) is 0 Å². The molecular formula is C13H21NO3. The van der Waals surface area contributed by atoms with E-state index in [0.29, 0.717) is 26.4 Å². The van der Waals surface area contributed by atoms with Crippen LogP contribution in [0.4, 0.5) is 0 Å². The Labute approximate surface area is 103 Å². The van der Waals surface area contributed by atoms with Crippen molar-refractivity contribution in [3.05, 3.63) is 29.8 Å². The lowest BCUT2D eigenvalue weighted by Crippen LogP contribution is -2.10. The lowest BCUT2D eigenvalue weighted by Gasteiger charge is -2.10. The van der Waals surface area contributed by atoms with E-state index in [2.05, 4.69) is 0 Å². The summed E-state index contributed by atoms with van der Waals surface area (Å²) in [6, 6.07) is 7.78. The zero-order valence-electron chi connectivity index (χ0n) is 10.4. The van der Waals surface area contributed by atoms with Crippen molar-refractivity contribution < 1.29 is 14.2 Å². The standard InChI is InChI=1S/C13H21NO3/c1-15-7-4-8-16-9-10-17-13-6-3-2-5-12(13)11-14/h2-3,5-6H,4,7-11,14H2,1H3. The van der Waals surface area contributed by atoms with E-state index in [0.717, 1.165) is 24.3 Å². The summed E-state index contributed by atoms with van der Waals surface area (Å²) in [5.74, 6) is 0.843. The molecule has 0 saturated heterocycles. The minimum Gasteiger partial charge on any atom is -0.491 e. The van der Waals surface area contributed by atoms with Crippen LogP contribution in [0.2, 0.25) is 0 Å². The number of hydrogen-bond donors (Lipinski definition) is 1. The van der Waals surface area contributed by atoms with Crippen molar-refractivity contribution in [2.45, 2.75) is 13.0 Å². The first-order chi connectivity index (χ1) is 8.38. The molecule has 0 spiro atoms. The van der Waals surface area contributed by atoms with Gasteiger partial charge in [-0.3, -0.25) is 0 Å². The van der Waals surface area contributed by atoms with Gasteiger partial charge in [0.05, 0.1) is 6.61 Å². The molecule has 0 aliphatic carbocycles. The Morgan fingerprint density at radius 3 is 2.65 bits per heavy atom. The topological polar surface area (TPSA) is 53.7 Å². The van der Waals surface area contributed by atoms with E-state index >= 15 is 0 Å². The van der Waals surface area contributed by atoms with Crippen molar-refractivity contribution in [2.75, 3.05) is 33.5 Å². The molecule has 0 radical (unpaired) electrons. The zero-order valence-corrected chi connectivity index (χ0v) is 10.4. The lowest BCUT2D eigenvalue weighted by molar-refractivity contribution is 0.0804. The molecule has 0 aliphatic heterocycles. The molecule has 96 valence electrons. The molecule has 17 heavy (non-hydrogen) atoms. The molecule has 0 bridgehead atoms. The Morgan fingerprint density at radius 1 is 1.06 bits per heavy atom. The predicted molar refractivity (Wildman–Crippen MR) is 67.1 cm³/mol. The minimum absolute atomic E-state index is 0.491. The van der Waals surface area contributed by atoms with Crippen LogP contribution in [0.1, 0.15) is 12.0 Å². The highest BCUT2D eigenvalue weighted by Crippen LogP contribution is 2.16. The fourth-order valence-electron chi connectivity index (χ4n) is 1.43. The summed E-state index contributed by atoms with van der Waals surface area (Å²) in [6.07, 6.45) is 0.913. The lowest BCUT2D eigenvalue weighted by atomic mass is 10.2. The van der Waals surface area contributed by atoms with Crippen LogP contribution in [0.15, 0.2) is 24.3 Å². The van der Waals surface area contributed by atoms with Crippen molar-refractivity contribution in [1.82, 2.24) is 0 Å². The summed E-state index contributed by atoms with van der Waals surface area (Å²) in [6.45, 7) is 3.06. The van der Waals surface area contributed by atoms with E-state index in [-0.39, 0.29) is 0 Å². The number of methoxy groups -OCH3 is 1. The molecule has 1 rings (SSSR count). The van der Waals surface area contributed by atoms with Gasteiger partial charge < -0.3 is 19.9 Å². The Hall–Kier alpha value is -1.10. The molecule has 2 N–H and O–H groups in total. The molecule has 0 atom stereocenters. The second-order valence-corrected chi connectivity index (χ2v) is 3.62. The van der Waals surface area contributed by atoms with Crippen LogP contribution < -0.4 is 10.5 Å². The van der Waals surface area contributed by atoms with Gasteiger partial charge in [0.1, 0.15) is 12.4 Å². The van der Waals surface area contributed by atoms with E-state index in [1.165, 1.54) is 0 Å². The summed E-state index contributed by atoms with van der Waals surface area (Å²) < 4.78 is 15.9. The molecule has 1 aromatic rings. The number of ether oxygens (including phenoxy) is 3. The van der Waals surface area contributed by atoms with Gasteiger partial charge in [0, 0.05) is 32.4 Å². The second-order valence-electron chi connectivity index (χ2n) is 3.62.